The predicted molar refractivity (Wildman–Crippen MR) is 90.5 cm³/mol. The van der Waals surface area contributed by atoms with Gasteiger partial charge in [-0.05, 0) is 24.3 Å². The third-order valence-electron chi connectivity index (χ3n) is 5.68. The minimum atomic E-state index is -0.427. The Kier molecular flexibility index (Phi) is 4.46. The monoisotopic (exact) mass is 330 g/mol. The maximum atomic E-state index is 12.8. The van der Waals surface area contributed by atoms with Crippen molar-refractivity contribution in [2.45, 2.75) is 43.9 Å². The van der Waals surface area contributed by atoms with Gasteiger partial charge in [0.05, 0.1) is 19.3 Å². The van der Waals surface area contributed by atoms with Crippen LogP contribution in [-0.2, 0) is 9.47 Å². The Morgan fingerprint density at radius 3 is 2.38 bits per heavy atom. The molecule has 1 aliphatic carbocycles. The summed E-state index contributed by atoms with van der Waals surface area (Å²) in [6, 6.07) is 10.5. The molecule has 1 atom stereocenters. The normalized spacial score (nSPS) is 24.6. The topological polar surface area (TPSA) is 50.8 Å². The first-order valence-electron chi connectivity index (χ1n) is 9.14. The van der Waals surface area contributed by atoms with Crippen LogP contribution in [0, 0.1) is 5.92 Å². The molecule has 1 spiro atoms. The van der Waals surface area contributed by atoms with Crippen LogP contribution < -0.4 is 5.32 Å². The van der Waals surface area contributed by atoms with Gasteiger partial charge >= 0.3 is 6.03 Å². The van der Waals surface area contributed by atoms with Gasteiger partial charge in [0.25, 0.3) is 0 Å². The smallest absolute Gasteiger partial charge is 0.317 e. The lowest BCUT2D eigenvalue weighted by atomic mass is 9.77. The van der Waals surface area contributed by atoms with Gasteiger partial charge in [0.2, 0.25) is 0 Å². The Hall–Kier alpha value is -1.59. The number of likely N-dealkylation sites (tertiary alicyclic amines) is 1. The molecule has 1 N–H and O–H groups in total. The van der Waals surface area contributed by atoms with E-state index in [9.17, 15) is 4.79 Å². The van der Waals surface area contributed by atoms with Crippen LogP contribution in [0.2, 0.25) is 0 Å². The van der Waals surface area contributed by atoms with Crippen LogP contribution in [0.3, 0.4) is 0 Å². The van der Waals surface area contributed by atoms with Crippen molar-refractivity contribution in [2.24, 2.45) is 5.92 Å². The zero-order valence-electron chi connectivity index (χ0n) is 14.1. The molecule has 5 nitrogen and oxygen atoms in total. The van der Waals surface area contributed by atoms with E-state index < -0.39 is 5.79 Å². The van der Waals surface area contributed by atoms with Gasteiger partial charge in [-0.15, -0.1) is 0 Å². The molecule has 2 aliphatic heterocycles. The van der Waals surface area contributed by atoms with E-state index in [0.717, 1.165) is 12.8 Å². The van der Waals surface area contributed by atoms with Gasteiger partial charge in [-0.2, -0.15) is 0 Å². The first kappa shape index (κ1) is 15.9. The minimum Gasteiger partial charge on any atom is -0.347 e. The van der Waals surface area contributed by atoms with Gasteiger partial charge in [-0.3, -0.25) is 0 Å². The highest BCUT2D eigenvalue weighted by Gasteiger charge is 2.41. The summed E-state index contributed by atoms with van der Waals surface area (Å²) in [5.74, 6) is 0.137. The fraction of sp³-hybridized carbons (Fsp3) is 0.632. The average Bonchev–Trinajstić information content (AvgIpc) is 3.02. The lowest BCUT2D eigenvalue weighted by molar-refractivity contribution is -0.181. The molecule has 0 radical (unpaired) electrons. The van der Waals surface area contributed by atoms with Crippen molar-refractivity contribution in [2.75, 3.05) is 26.3 Å². The molecular weight excluding hydrogens is 304 g/mol. The summed E-state index contributed by atoms with van der Waals surface area (Å²) in [4.78, 5) is 14.7. The van der Waals surface area contributed by atoms with E-state index in [1.807, 2.05) is 23.1 Å². The van der Waals surface area contributed by atoms with Crippen molar-refractivity contribution >= 4 is 6.03 Å². The van der Waals surface area contributed by atoms with Gasteiger partial charge < -0.3 is 19.7 Å². The molecule has 2 heterocycles. The van der Waals surface area contributed by atoms with Crippen molar-refractivity contribution in [3.05, 3.63) is 35.9 Å². The molecule has 3 fully saturated rings. The summed E-state index contributed by atoms with van der Waals surface area (Å²) in [6.07, 6.45) is 5.19. The van der Waals surface area contributed by atoms with Gasteiger partial charge in [0.15, 0.2) is 5.79 Å². The van der Waals surface area contributed by atoms with E-state index in [2.05, 4.69) is 17.4 Å². The first-order valence-corrected chi connectivity index (χ1v) is 9.14. The second kappa shape index (κ2) is 6.73. The molecule has 4 rings (SSSR count). The van der Waals surface area contributed by atoms with Crippen LogP contribution in [0.1, 0.15) is 43.7 Å². The molecule has 2 saturated heterocycles. The van der Waals surface area contributed by atoms with Crippen LogP contribution >= 0.6 is 0 Å². The van der Waals surface area contributed by atoms with Crippen LogP contribution in [0.4, 0.5) is 4.79 Å². The molecule has 0 aromatic heterocycles. The number of carbonyl (C=O) groups is 1. The maximum absolute atomic E-state index is 12.8. The fourth-order valence-electron chi connectivity index (χ4n) is 3.97. The van der Waals surface area contributed by atoms with E-state index in [1.165, 1.54) is 24.8 Å². The third-order valence-corrected chi connectivity index (χ3v) is 5.68. The summed E-state index contributed by atoms with van der Waals surface area (Å²) in [5, 5.41) is 3.29. The van der Waals surface area contributed by atoms with Crippen LogP contribution in [0.25, 0.3) is 0 Å². The number of rotatable bonds is 3. The van der Waals surface area contributed by atoms with Crippen LogP contribution in [0.5, 0.6) is 0 Å². The number of piperidine rings is 1. The maximum Gasteiger partial charge on any atom is 0.317 e. The molecular formula is C19H26N2O3. The Bertz CT molecular complexity index is 557. The zero-order chi connectivity index (χ0) is 16.4. The Balaban J connectivity index is 1.38. The molecule has 1 aromatic rings. The molecule has 1 aromatic carbocycles. The van der Waals surface area contributed by atoms with Crippen molar-refractivity contribution in [1.29, 1.82) is 0 Å². The van der Waals surface area contributed by atoms with E-state index in [0.29, 0.717) is 32.2 Å². The number of nitrogens with zero attached hydrogens (tertiary/aromatic N) is 1. The van der Waals surface area contributed by atoms with Crippen LogP contribution in [0.15, 0.2) is 30.3 Å². The van der Waals surface area contributed by atoms with Crippen molar-refractivity contribution in [3.8, 4) is 0 Å². The quantitative estimate of drug-likeness (QED) is 0.926. The van der Waals surface area contributed by atoms with Crippen LogP contribution in [-0.4, -0.2) is 43.0 Å². The summed E-state index contributed by atoms with van der Waals surface area (Å²) in [6.45, 7) is 2.73. The highest BCUT2D eigenvalue weighted by atomic mass is 16.7. The SMILES string of the molecule is O=C(N[C@H](c1ccccc1)C1CCC1)N1CCC2(CC1)OCCO2. The van der Waals surface area contributed by atoms with E-state index >= 15 is 0 Å². The Morgan fingerprint density at radius 2 is 1.79 bits per heavy atom. The molecule has 3 aliphatic rings. The lowest BCUT2D eigenvalue weighted by Gasteiger charge is -2.40. The molecule has 0 unspecified atom stereocenters. The number of urea groups is 1. The van der Waals surface area contributed by atoms with Gasteiger partial charge in [0, 0.05) is 25.9 Å². The predicted octanol–water partition coefficient (Wildman–Crippen LogP) is 3.08. The van der Waals surface area contributed by atoms with Gasteiger partial charge in [-0.25, -0.2) is 4.79 Å². The van der Waals surface area contributed by atoms with Gasteiger partial charge in [-0.1, -0.05) is 36.8 Å². The second-order valence-corrected chi connectivity index (χ2v) is 7.12. The number of ether oxygens (including phenoxy) is 2. The second-order valence-electron chi connectivity index (χ2n) is 7.12. The molecule has 2 amide bonds. The van der Waals surface area contributed by atoms with Crippen molar-refractivity contribution in [3.63, 3.8) is 0 Å². The largest absolute Gasteiger partial charge is 0.347 e. The Morgan fingerprint density at radius 1 is 1.12 bits per heavy atom. The summed E-state index contributed by atoms with van der Waals surface area (Å²) < 4.78 is 11.5. The molecule has 24 heavy (non-hydrogen) atoms. The number of benzene rings is 1. The van der Waals surface area contributed by atoms with E-state index in [1.54, 1.807) is 0 Å². The molecule has 0 bridgehead atoms. The average molecular weight is 330 g/mol. The number of hydrogen-bond acceptors (Lipinski definition) is 3. The third kappa shape index (κ3) is 3.15. The molecule has 5 heteroatoms. The number of carbonyl (C=O) groups excluding carboxylic acids is 1. The van der Waals surface area contributed by atoms with Crippen molar-refractivity contribution < 1.29 is 14.3 Å². The standard InChI is InChI=1S/C19H26N2O3/c22-18(21-11-9-19(10-12-21)23-13-14-24-19)20-17(16-7-4-8-16)15-5-2-1-3-6-15/h1-3,5-6,16-17H,4,7-14H2,(H,20,22)/t17-/m1/s1. The number of nitrogens with one attached hydrogen (secondary N) is 1. The summed E-state index contributed by atoms with van der Waals surface area (Å²) >= 11 is 0. The Labute approximate surface area is 143 Å². The highest BCUT2D eigenvalue weighted by Crippen LogP contribution is 2.38. The molecule has 1 saturated carbocycles. The summed E-state index contributed by atoms with van der Waals surface area (Å²) in [5.41, 5.74) is 1.21. The fourth-order valence-corrected chi connectivity index (χ4v) is 3.97. The zero-order valence-corrected chi connectivity index (χ0v) is 14.1. The minimum absolute atomic E-state index is 0.0450. The number of amides is 2. The molecule has 130 valence electrons. The summed E-state index contributed by atoms with van der Waals surface area (Å²) in [7, 11) is 0. The number of hydrogen-bond donors (Lipinski definition) is 1. The lowest BCUT2D eigenvalue weighted by Crippen LogP contribution is -2.51. The first-order chi connectivity index (χ1) is 11.8. The highest BCUT2D eigenvalue weighted by molar-refractivity contribution is 5.75. The van der Waals surface area contributed by atoms with Crippen molar-refractivity contribution in [1.82, 2.24) is 10.2 Å². The van der Waals surface area contributed by atoms with Gasteiger partial charge in [0.1, 0.15) is 0 Å². The van der Waals surface area contributed by atoms with E-state index in [-0.39, 0.29) is 12.1 Å². The van der Waals surface area contributed by atoms with E-state index in [4.69, 9.17) is 9.47 Å².